The van der Waals surface area contributed by atoms with Gasteiger partial charge < -0.3 is 10.2 Å². The lowest BCUT2D eigenvalue weighted by Crippen LogP contribution is -2.51. The SMILES string of the molecule is CC(C)CNC(=O)[C@H](Cc1ccccc1)N(Cc1ccccc1F)C(=O)CSCc1ccccc1F. The first-order valence-electron chi connectivity index (χ1n) is 12.0. The molecule has 0 saturated carbocycles. The molecule has 0 saturated heterocycles. The molecule has 0 radical (unpaired) electrons. The smallest absolute Gasteiger partial charge is 0.243 e. The summed E-state index contributed by atoms with van der Waals surface area (Å²) in [5.41, 5.74) is 1.73. The van der Waals surface area contributed by atoms with Crippen LogP contribution in [-0.4, -0.2) is 35.1 Å². The molecule has 190 valence electrons. The lowest BCUT2D eigenvalue weighted by atomic mass is 10.0. The largest absolute Gasteiger partial charge is 0.354 e. The molecular weight excluding hydrogens is 478 g/mol. The average Bonchev–Trinajstić information content (AvgIpc) is 2.87. The van der Waals surface area contributed by atoms with Crippen LogP contribution in [0.5, 0.6) is 0 Å². The fraction of sp³-hybridized carbons (Fsp3) is 0.310. The van der Waals surface area contributed by atoms with Gasteiger partial charge in [-0.3, -0.25) is 9.59 Å². The number of benzene rings is 3. The molecule has 3 aromatic carbocycles. The van der Waals surface area contributed by atoms with Gasteiger partial charge in [-0.2, -0.15) is 0 Å². The number of hydrogen-bond acceptors (Lipinski definition) is 3. The molecule has 0 spiro atoms. The number of halogens is 2. The molecule has 36 heavy (non-hydrogen) atoms. The Morgan fingerprint density at radius 3 is 2.06 bits per heavy atom. The molecular formula is C29H32F2N2O2S. The predicted octanol–water partition coefficient (Wildman–Crippen LogP) is 5.61. The highest BCUT2D eigenvalue weighted by molar-refractivity contribution is 7.99. The van der Waals surface area contributed by atoms with Crippen molar-refractivity contribution in [2.75, 3.05) is 12.3 Å². The summed E-state index contributed by atoms with van der Waals surface area (Å²) in [7, 11) is 0. The average molecular weight is 511 g/mol. The van der Waals surface area contributed by atoms with Crippen LogP contribution in [0.15, 0.2) is 78.9 Å². The van der Waals surface area contributed by atoms with E-state index in [4.69, 9.17) is 0 Å². The van der Waals surface area contributed by atoms with Crippen molar-refractivity contribution in [3.05, 3.63) is 107 Å². The van der Waals surface area contributed by atoms with E-state index in [1.165, 1.54) is 28.8 Å². The Labute approximate surface area is 216 Å². The zero-order chi connectivity index (χ0) is 25.9. The Morgan fingerprint density at radius 1 is 0.861 bits per heavy atom. The Hall–Kier alpha value is -3.19. The zero-order valence-corrected chi connectivity index (χ0v) is 21.4. The number of thioether (sulfide) groups is 1. The van der Waals surface area contributed by atoms with Crippen molar-refractivity contribution in [3.8, 4) is 0 Å². The number of carbonyl (C=O) groups is 2. The standard InChI is InChI=1S/C29H32F2N2O2S/c1-21(2)17-32-29(35)27(16-22-10-4-3-5-11-22)33(18-23-12-6-8-14-25(23)30)28(34)20-36-19-24-13-7-9-15-26(24)31/h3-15,21,27H,16-20H2,1-2H3,(H,32,35)/t27-/m0/s1. The van der Waals surface area contributed by atoms with E-state index in [1.54, 1.807) is 36.4 Å². The molecule has 3 aromatic rings. The maximum absolute atomic E-state index is 14.6. The predicted molar refractivity (Wildman–Crippen MR) is 141 cm³/mol. The van der Waals surface area contributed by atoms with Crippen molar-refractivity contribution in [1.82, 2.24) is 10.2 Å². The minimum Gasteiger partial charge on any atom is -0.354 e. The summed E-state index contributed by atoms with van der Waals surface area (Å²) in [5, 5.41) is 2.94. The summed E-state index contributed by atoms with van der Waals surface area (Å²) in [4.78, 5) is 28.3. The monoisotopic (exact) mass is 510 g/mol. The Kier molecular flexibility index (Phi) is 10.5. The highest BCUT2D eigenvalue weighted by Gasteiger charge is 2.31. The molecule has 0 bridgehead atoms. The third-order valence-corrected chi connectivity index (χ3v) is 6.66. The Balaban J connectivity index is 1.86. The van der Waals surface area contributed by atoms with Crippen molar-refractivity contribution >= 4 is 23.6 Å². The van der Waals surface area contributed by atoms with Gasteiger partial charge >= 0.3 is 0 Å². The summed E-state index contributed by atoms with van der Waals surface area (Å²) in [6, 6.07) is 21.3. The van der Waals surface area contributed by atoms with E-state index in [-0.39, 0.29) is 35.8 Å². The van der Waals surface area contributed by atoms with Crippen LogP contribution in [0.4, 0.5) is 8.78 Å². The Bertz CT molecular complexity index is 1140. The van der Waals surface area contributed by atoms with Crippen molar-refractivity contribution in [2.24, 2.45) is 5.92 Å². The van der Waals surface area contributed by atoms with Crippen LogP contribution >= 0.6 is 11.8 Å². The van der Waals surface area contributed by atoms with Gasteiger partial charge in [0.2, 0.25) is 11.8 Å². The number of nitrogens with one attached hydrogen (secondary N) is 1. The highest BCUT2D eigenvalue weighted by Crippen LogP contribution is 2.20. The molecule has 0 aliphatic carbocycles. The third kappa shape index (κ3) is 8.19. The maximum atomic E-state index is 14.6. The first-order valence-corrected chi connectivity index (χ1v) is 13.2. The van der Waals surface area contributed by atoms with Crippen molar-refractivity contribution in [1.29, 1.82) is 0 Å². The van der Waals surface area contributed by atoms with Gasteiger partial charge in [0.15, 0.2) is 0 Å². The van der Waals surface area contributed by atoms with E-state index in [0.29, 0.717) is 29.8 Å². The molecule has 0 heterocycles. The van der Waals surface area contributed by atoms with Gasteiger partial charge in [-0.05, 0) is 29.2 Å². The lowest BCUT2D eigenvalue weighted by Gasteiger charge is -2.32. The molecule has 0 fully saturated rings. The highest BCUT2D eigenvalue weighted by atomic mass is 32.2. The van der Waals surface area contributed by atoms with Gasteiger partial charge in [0, 0.05) is 30.8 Å². The zero-order valence-electron chi connectivity index (χ0n) is 20.6. The molecule has 4 nitrogen and oxygen atoms in total. The second-order valence-corrected chi connectivity index (χ2v) is 10.0. The molecule has 0 aliphatic rings. The van der Waals surface area contributed by atoms with Crippen LogP contribution in [0.2, 0.25) is 0 Å². The third-order valence-electron chi connectivity index (χ3n) is 5.70. The summed E-state index contributed by atoms with van der Waals surface area (Å²) in [6.07, 6.45) is 0.295. The second kappa shape index (κ2) is 13.8. The first-order chi connectivity index (χ1) is 17.3. The van der Waals surface area contributed by atoms with Gasteiger partial charge in [0.25, 0.3) is 0 Å². The lowest BCUT2D eigenvalue weighted by molar-refractivity contribution is -0.139. The van der Waals surface area contributed by atoms with E-state index >= 15 is 0 Å². The normalized spacial score (nSPS) is 11.8. The number of amides is 2. The summed E-state index contributed by atoms with van der Waals surface area (Å²) >= 11 is 1.27. The topological polar surface area (TPSA) is 49.4 Å². The van der Waals surface area contributed by atoms with Gasteiger partial charge in [0.05, 0.1) is 5.75 Å². The van der Waals surface area contributed by atoms with Crippen LogP contribution in [0.1, 0.15) is 30.5 Å². The quantitative estimate of drug-likeness (QED) is 0.345. The van der Waals surface area contributed by atoms with E-state index in [0.717, 1.165) is 5.56 Å². The fourth-order valence-corrected chi connectivity index (χ4v) is 4.63. The van der Waals surface area contributed by atoms with E-state index < -0.39 is 11.9 Å². The minimum absolute atomic E-state index is 0.0333. The van der Waals surface area contributed by atoms with Crippen molar-refractivity contribution < 1.29 is 18.4 Å². The second-order valence-electron chi connectivity index (χ2n) is 9.04. The van der Waals surface area contributed by atoms with E-state index in [9.17, 15) is 18.4 Å². The van der Waals surface area contributed by atoms with Gasteiger partial charge in [-0.15, -0.1) is 11.8 Å². The molecule has 1 atom stereocenters. The van der Waals surface area contributed by atoms with Gasteiger partial charge in [-0.1, -0.05) is 80.6 Å². The number of rotatable bonds is 12. The molecule has 2 amide bonds. The van der Waals surface area contributed by atoms with Gasteiger partial charge in [-0.25, -0.2) is 8.78 Å². The summed E-state index contributed by atoms with van der Waals surface area (Å²) < 4.78 is 28.6. The van der Waals surface area contributed by atoms with Crippen LogP contribution in [0.3, 0.4) is 0 Å². The van der Waals surface area contributed by atoms with E-state index in [1.807, 2.05) is 44.2 Å². The Morgan fingerprint density at radius 2 is 1.44 bits per heavy atom. The maximum Gasteiger partial charge on any atom is 0.243 e. The number of hydrogen-bond donors (Lipinski definition) is 1. The molecule has 0 unspecified atom stereocenters. The first kappa shape index (κ1) is 27.4. The van der Waals surface area contributed by atoms with Gasteiger partial charge in [0.1, 0.15) is 17.7 Å². The molecule has 0 aliphatic heterocycles. The number of carbonyl (C=O) groups excluding carboxylic acids is 2. The van der Waals surface area contributed by atoms with E-state index in [2.05, 4.69) is 5.32 Å². The van der Waals surface area contributed by atoms with Crippen LogP contribution < -0.4 is 5.32 Å². The molecule has 7 heteroatoms. The molecule has 0 aromatic heterocycles. The summed E-state index contributed by atoms with van der Waals surface area (Å²) in [5.74, 6) is -0.763. The summed E-state index contributed by atoms with van der Waals surface area (Å²) in [6.45, 7) is 4.41. The number of nitrogens with zero attached hydrogens (tertiary/aromatic N) is 1. The minimum atomic E-state index is -0.827. The van der Waals surface area contributed by atoms with Crippen LogP contribution in [0, 0.1) is 17.6 Å². The van der Waals surface area contributed by atoms with Crippen molar-refractivity contribution in [3.63, 3.8) is 0 Å². The molecule has 1 N–H and O–H groups in total. The van der Waals surface area contributed by atoms with Crippen LogP contribution in [0.25, 0.3) is 0 Å². The van der Waals surface area contributed by atoms with Crippen LogP contribution in [-0.2, 0) is 28.3 Å². The fourth-order valence-electron chi connectivity index (χ4n) is 3.73. The molecule has 3 rings (SSSR count). The van der Waals surface area contributed by atoms with Crippen molar-refractivity contribution in [2.45, 2.75) is 38.6 Å².